The van der Waals surface area contributed by atoms with Gasteiger partial charge in [0, 0.05) is 56.0 Å². The van der Waals surface area contributed by atoms with Gasteiger partial charge in [-0.05, 0) is 43.3 Å². The second-order valence-corrected chi connectivity index (χ2v) is 9.85. The molecular weight excluding hydrogens is 558 g/mol. The Hall–Kier alpha value is -5.19. The molecule has 0 spiro atoms. The number of pyridine rings is 1. The number of nitriles is 1. The van der Waals surface area contributed by atoms with Crippen molar-refractivity contribution < 1.29 is 18.7 Å². The van der Waals surface area contributed by atoms with Crippen LogP contribution in [0.2, 0.25) is 0 Å². The van der Waals surface area contributed by atoms with E-state index in [9.17, 15) is 14.9 Å². The van der Waals surface area contributed by atoms with E-state index in [-0.39, 0.29) is 46.2 Å². The number of aliphatic hydroxyl groups excluding tert-OH is 1. The number of benzene rings is 2. The number of nitrogens with zero attached hydrogens (tertiary/aromatic N) is 6. The molecule has 4 aromatic rings. The summed E-state index contributed by atoms with van der Waals surface area (Å²) in [5.41, 5.74) is 0.559. The van der Waals surface area contributed by atoms with Gasteiger partial charge in [-0.3, -0.25) is 19.1 Å². The first-order valence-electron chi connectivity index (χ1n) is 13.4. The Balaban J connectivity index is 1.52. The molecule has 0 aliphatic carbocycles. The van der Waals surface area contributed by atoms with E-state index in [0.29, 0.717) is 44.1 Å². The fraction of sp³-hybridized carbons (Fsp3) is 0.233. The van der Waals surface area contributed by atoms with Crippen molar-refractivity contribution in [3.8, 4) is 11.8 Å². The maximum atomic E-state index is 15.3. The van der Waals surface area contributed by atoms with Gasteiger partial charge in [-0.2, -0.15) is 10.2 Å². The zero-order valence-corrected chi connectivity index (χ0v) is 23.3. The zero-order valence-electron chi connectivity index (χ0n) is 23.3. The molecule has 0 bridgehead atoms. The van der Waals surface area contributed by atoms with Gasteiger partial charge in [0.2, 0.25) is 17.3 Å². The number of aromatic nitrogens is 3. The predicted octanol–water partition coefficient (Wildman–Crippen LogP) is 3.22. The number of anilines is 4. The SMILES string of the molecule is C=CC(=O)Nc1cccc(-n2c(C)c(C#N)c(=O)c3cnc(Nc4ccc(N5CCN(CCO)CC5)c(F)c4F)nc32)c1. The third-order valence-electron chi connectivity index (χ3n) is 7.26. The Morgan fingerprint density at radius 3 is 2.65 bits per heavy atom. The molecule has 13 heteroatoms. The van der Waals surface area contributed by atoms with Crippen LogP contribution in [0.4, 0.5) is 31.8 Å². The van der Waals surface area contributed by atoms with Crippen molar-refractivity contribution in [1.82, 2.24) is 19.4 Å². The topological polar surface area (TPSA) is 139 Å². The molecule has 0 radical (unpaired) electrons. The Bertz CT molecular complexity index is 1830. The van der Waals surface area contributed by atoms with Crippen molar-refractivity contribution in [2.24, 2.45) is 0 Å². The average molecular weight is 587 g/mol. The Morgan fingerprint density at radius 2 is 1.95 bits per heavy atom. The molecule has 1 aliphatic rings. The number of piperazine rings is 1. The number of carbonyl (C=O) groups is 1. The summed E-state index contributed by atoms with van der Waals surface area (Å²) < 4.78 is 32.0. The van der Waals surface area contributed by atoms with E-state index >= 15 is 8.78 Å². The van der Waals surface area contributed by atoms with Crippen LogP contribution < -0.4 is 21.0 Å². The summed E-state index contributed by atoms with van der Waals surface area (Å²) in [4.78, 5) is 37.3. The molecule has 5 rings (SSSR count). The zero-order chi connectivity index (χ0) is 30.7. The second-order valence-electron chi connectivity index (χ2n) is 9.85. The molecule has 1 amide bonds. The fourth-order valence-corrected chi connectivity index (χ4v) is 5.05. The largest absolute Gasteiger partial charge is 0.395 e. The summed E-state index contributed by atoms with van der Waals surface area (Å²) in [5.74, 6) is -2.66. The number of hydrogen-bond acceptors (Lipinski definition) is 9. The van der Waals surface area contributed by atoms with E-state index in [0.717, 1.165) is 6.08 Å². The van der Waals surface area contributed by atoms with Gasteiger partial charge >= 0.3 is 0 Å². The summed E-state index contributed by atoms with van der Waals surface area (Å²) in [6.07, 6.45) is 2.35. The van der Waals surface area contributed by atoms with Crippen LogP contribution in [0.15, 0.2) is 60.0 Å². The monoisotopic (exact) mass is 586 g/mol. The van der Waals surface area contributed by atoms with Crippen molar-refractivity contribution in [3.05, 3.63) is 88.4 Å². The lowest BCUT2D eigenvalue weighted by atomic mass is 10.1. The lowest BCUT2D eigenvalue weighted by Crippen LogP contribution is -2.47. The van der Waals surface area contributed by atoms with Crippen molar-refractivity contribution in [3.63, 3.8) is 0 Å². The van der Waals surface area contributed by atoms with Crippen LogP contribution in [0.25, 0.3) is 16.7 Å². The summed E-state index contributed by atoms with van der Waals surface area (Å²) in [7, 11) is 0. The smallest absolute Gasteiger partial charge is 0.247 e. The Labute approximate surface area is 245 Å². The lowest BCUT2D eigenvalue weighted by Gasteiger charge is -2.36. The van der Waals surface area contributed by atoms with E-state index in [2.05, 4.69) is 27.2 Å². The summed E-state index contributed by atoms with van der Waals surface area (Å²) in [6, 6.07) is 11.5. The van der Waals surface area contributed by atoms with E-state index in [1.807, 2.05) is 11.0 Å². The third kappa shape index (κ3) is 5.78. The van der Waals surface area contributed by atoms with Crippen molar-refractivity contribution in [1.29, 1.82) is 5.26 Å². The van der Waals surface area contributed by atoms with Crippen molar-refractivity contribution >= 4 is 40.0 Å². The van der Waals surface area contributed by atoms with Crippen LogP contribution in [0.3, 0.4) is 0 Å². The molecule has 0 unspecified atom stereocenters. The minimum atomic E-state index is -1.11. The number of rotatable bonds is 8. The van der Waals surface area contributed by atoms with Gasteiger partial charge in [-0.15, -0.1) is 0 Å². The van der Waals surface area contributed by atoms with Gasteiger partial charge in [0.25, 0.3) is 0 Å². The van der Waals surface area contributed by atoms with Crippen LogP contribution >= 0.6 is 0 Å². The van der Waals surface area contributed by atoms with Crippen molar-refractivity contribution in [2.45, 2.75) is 6.92 Å². The number of amides is 1. The number of hydrogen-bond donors (Lipinski definition) is 3. The number of aliphatic hydroxyl groups is 1. The van der Waals surface area contributed by atoms with Crippen LogP contribution in [-0.2, 0) is 4.79 Å². The molecule has 2 aromatic heterocycles. The first kappa shape index (κ1) is 29.3. The molecule has 43 heavy (non-hydrogen) atoms. The molecule has 0 saturated carbocycles. The van der Waals surface area contributed by atoms with Crippen LogP contribution in [0, 0.1) is 29.9 Å². The maximum absolute atomic E-state index is 15.3. The highest BCUT2D eigenvalue weighted by Gasteiger charge is 2.23. The highest BCUT2D eigenvalue weighted by molar-refractivity contribution is 5.99. The number of carbonyl (C=O) groups excluding carboxylic acids is 1. The molecule has 1 fully saturated rings. The normalized spacial score (nSPS) is 13.5. The molecule has 1 saturated heterocycles. The van der Waals surface area contributed by atoms with Gasteiger partial charge in [0.05, 0.1) is 23.4 Å². The summed E-state index contributed by atoms with van der Waals surface area (Å²) >= 11 is 0. The van der Waals surface area contributed by atoms with Crippen molar-refractivity contribution in [2.75, 3.05) is 54.9 Å². The number of β-amino-alcohol motifs (C(OH)–C–C–N with tert-alkyl or cyclic N) is 1. The standard InChI is InChI=1S/C30H28F2N8O3/c1-3-25(42)35-19-5-4-6-20(15-19)40-18(2)21(16-33)28(43)22-17-34-30(37-29(22)40)36-23-7-8-24(27(32)26(23)31)39-11-9-38(10-12-39)13-14-41/h3-8,15,17,41H,1,9-14H2,2H3,(H,35,42)(H,34,36,37). The first-order valence-corrected chi connectivity index (χ1v) is 13.4. The van der Waals surface area contributed by atoms with Crippen LogP contribution in [0.1, 0.15) is 11.3 Å². The van der Waals surface area contributed by atoms with Gasteiger partial charge in [-0.25, -0.2) is 13.8 Å². The highest BCUT2D eigenvalue weighted by Crippen LogP contribution is 2.30. The van der Waals surface area contributed by atoms with E-state index < -0.39 is 23.0 Å². The Kier molecular flexibility index (Phi) is 8.42. The van der Waals surface area contributed by atoms with Gasteiger partial charge < -0.3 is 20.6 Å². The number of halogens is 2. The summed E-state index contributed by atoms with van der Waals surface area (Å²) in [5, 5.41) is 24.3. The van der Waals surface area contributed by atoms with E-state index in [4.69, 9.17) is 5.11 Å². The molecule has 3 N–H and O–H groups in total. The molecule has 220 valence electrons. The van der Waals surface area contributed by atoms with Gasteiger partial charge in [0.1, 0.15) is 11.6 Å². The highest BCUT2D eigenvalue weighted by atomic mass is 19.2. The van der Waals surface area contributed by atoms with E-state index in [1.54, 1.807) is 40.7 Å². The number of nitrogens with one attached hydrogen (secondary N) is 2. The average Bonchev–Trinajstić information content (AvgIpc) is 3.00. The molecule has 1 aliphatic heterocycles. The molecular formula is C30H28F2N8O3. The lowest BCUT2D eigenvalue weighted by molar-refractivity contribution is -0.111. The second kappa shape index (κ2) is 12.4. The first-order chi connectivity index (χ1) is 20.7. The third-order valence-corrected chi connectivity index (χ3v) is 7.26. The Morgan fingerprint density at radius 1 is 1.19 bits per heavy atom. The van der Waals surface area contributed by atoms with Gasteiger partial charge in [-0.1, -0.05) is 12.6 Å². The number of fused-ring (bicyclic) bond motifs is 1. The minimum absolute atomic E-state index is 0.0374. The van der Waals surface area contributed by atoms with Gasteiger partial charge in [0.15, 0.2) is 17.3 Å². The fourth-order valence-electron chi connectivity index (χ4n) is 5.05. The van der Waals surface area contributed by atoms with E-state index in [1.165, 1.54) is 18.3 Å². The molecule has 11 nitrogen and oxygen atoms in total. The molecule has 3 heterocycles. The quantitative estimate of drug-likeness (QED) is 0.266. The minimum Gasteiger partial charge on any atom is -0.395 e. The predicted molar refractivity (Wildman–Crippen MR) is 159 cm³/mol. The molecule has 0 atom stereocenters. The summed E-state index contributed by atoms with van der Waals surface area (Å²) in [6.45, 7) is 7.79. The molecule has 2 aromatic carbocycles. The van der Waals surface area contributed by atoms with Crippen LogP contribution in [-0.4, -0.2) is 69.8 Å². The van der Waals surface area contributed by atoms with Crippen LogP contribution in [0.5, 0.6) is 0 Å². The maximum Gasteiger partial charge on any atom is 0.247 e.